The molecule has 0 fully saturated rings. The molecule has 0 spiro atoms. The fourth-order valence-corrected chi connectivity index (χ4v) is 4.45. The molecule has 1 unspecified atom stereocenters. The van der Waals surface area contributed by atoms with Gasteiger partial charge in [-0.2, -0.15) is 0 Å². The smallest absolute Gasteiger partial charge is 0.175 e. The van der Waals surface area contributed by atoms with E-state index in [9.17, 15) is 0 Å². The van der Waals surface area contributed by atoms with Gasteiger partial charge in [-0.3, -0.25) is 0 Å². The van der Waals surface area contributed by atoms with Crippen molar-refractivity contribution in [3.63, 3.8) is 0 Å². The van der Waals surface area contributed by atoms with Crippen LogP contribution in [0.15, 0.2) is 32.9 Å². The number of thioether (sulfide) groups is 1. The largest absolute Gasteiger partial charge is 0.494 e. The Labute approximate surface area is 159 Å². The molecule has 1 aromatic carbocycles. The maximum Gasteiger partial charge on any atom is 0.175 e. The first kappa shape index (κ1) is 19.6. The Morgan fingerprint density at radius 2 is 1.88 bits per heavy atom. The third-order valence-electron chi connectivity index (χ3n) is 3.99. The summed E-state index contributed by atoms with van der Waals surface area (Å²) in [6.07, 6.45) is 5.93. The number of aromatic nitrogens is 2. The molecule has 1 atom stereocenters. The minimum absolute atomic E-state index is 0.622. The van der Waals surface area contributed by atoms with Crippen LogP contribution in [0, 0.1) is 0 Å². The summed E-state index contributed by atoms with van der Waals surface area (Å²) in [6.45, 7) is 5.28. The van der Waals surface area contributed by atoms with Gasteiger partial charge in [-0.05, 0) is 42.9 Å². The van der Waals surface area contributed by atoms with Crippen molar-refractivity contribution in [3.05, 3.63) is 29.8 Å². The van der Waals surface area contributed by atoms with Gasteiger partial charge in [0.1, 0.15) is 5.75 Å². The Balaban J connectivity index is 1.50. The molecule has 3 nitrogen and oxygen atoms in total. The lowest BCUT2D eigenvalue weighted by molar-refractivity contribution is 0.305. The summed E-state index contributed by atoms with van der Waals surface area (Å²) in [7, 11) is 0. The standard InChI is InChI=1S/C18H26N2OS3/c1-3-14(2)15-8-10-16(11-9-15)21-12-6-4-5-7-13-23-18-20-19-17(22)24-18/h8-11,14H,3-7,12-13H2,1-2H3,(H,19,22). The van der Waals surface area contributed by atoms with E-state index in [0.29, 0.717) is 5.92 Å². The summed E-state index contributed by atoms with van der Waals surface area (Å²) < 4.78 is 7.58. The minimum Gasteiger partial charge on any atom is -0.494 e. The van der Waals surface area contributed by atoms with Gasteiger partial charge >= 0.3 is 0 Å². The third kappa shape index (κ3) is 7.03. The summed E-state index contributed by atoms with van der Waals surface area (Å²) in [4.78, 5) is 0. The van der Waals surface area contributed by atoms with E-state index in [4.69, 9.17) is 4.74 Å². The third-order valence-corrected chi connectivity index (χ3v) is 6.30. The molecule has 0 bridgehead atoms. The average molecular weight is 383 g/mol. The molecule has 0 saturated heterocycles. The topological polar surface area (TPSA) is 35.0 Å². The van der Waals surface area contributed by atoms with Crippen molar-refractivity contribution in [1.29, 1.82) is 0 Å². The lowest BCUT2D eigenvalue weighted by Crippen LogP contribution is -1.98. The van der Waals surface area contributed by atoms with Crippen LogP contribution < -0.4 is 4.74 Å². The monoisotopic (exact) mass is 382 g/mol. The summed E-state index contributed by atoms with van der Waals surface area (Å²) >= 11 is 7.49. The number of hydrogen-bond donors (Lipinski definition) is 1. The molecule has 1 heterocycles. The van der Waals surface area contributed by atoms with E-state index in [2.05, 4.69) is 60.9 Å². The van der Waals surface area contributed by atoms with Crippen LogP contribution in [0.3, 0.4) is 0 Å². The summed E-state index contributed by atoms with van der Waals surface area (Å²) in [5, 5.41) is 7.95. The zero-order chi connectivity index (χ0) is 17.2. The van der Waals surface area contributed by atoms with E-state index in [1.807, 2.05) is 0 Å². The van der Waals surface area contributed by atoms with Crippen molar-refractivity contribution in [1.82, 2.24) is 10.2 Å². The van der Waals surface area contributed by atoms with E-state index in [0.717, 1.165) is 33.2 Å². The van der Waals surface area contributed by atoms with E-state index in [1.54, 1.807) is 23.1 Å². The number of unbranched alkanes of at least 4 members (excludes halogenated alkanes) is 3. The van der Waals surface area contributed by atoms with Gasteiger partial charge in [0.05, 0.1) is 6.61 Å². The van der Waals surface area contributed by atoms with Crippen LogP contribution in [-0.4, -0.2) is 22.6 Å². The second-order valence-electron chi connectivity index (χ2n) is 5.84. The molecule has 6 heteroatoms. The Bertz CT molecular complexity index is 586. The lowest BCUT2D eigenvalue weighted by Gasteiger charge is -2.10. The highest BCUT2D eigenvalue weighted by Gasteiger charge is 2.03. The van der Waals surface area contributed by atoms with Crippen molar-refractivity contribution in [3.8, 4) is 5.75 Å². The quantitative estimate of drug-likeness (QED) is 0.290. The molecule has 0 aliphatic rings. The highest BCUT2D eigenvalue weighted by Crippen LogP contribution is 2.25. The molecule has 1 aromatic heterocycles. The maximum absolute atomic E-state index is 5.82. The molecule has 0 amide bonds. The Morgan fingerprint density at radius 3 is 2.54 bits per heavy atom. The van der Waals surface area contributed by atoms with Crippen LogP contribution in [0.5, 0.6) is 5.75 Å². The highest BCUT2D eigenvalue weighted by molar-refractivity contribution is 8.01. The Morgan fingerprint density at radius 1 is 1.12 bits per heavy atom. The van der Waals surface area contributed by atoms with Gasteiger partial charge in [0, 0.05) is 5.75 Å². The van der Waals surface area contributed by atoms with E-state index in [1.165, 1.54) is 31.2 Å². The molecule has 0 saturated carbocycles. The summed E-state index contributed by atoms with van der Waals surface area (Å²) in [5.74, 6) is 2.70. The zero-order valence-electron chi connectivity index (χ0n) is 14.4. The van der Waals surface area contributed by atoms with Gasteiger partial charge in [-0.15, -0.1) is 22.8 Å². The number of nitrogens with zero attached hydrogens (tertiary/aromatic N) is 2. The number of rotatable bonds is 11. The van der Waals surface area contributed by atoms with Crippen LogP contribution in [-0.2, 0) is 0 Å². The van der Waals surface area contributed by atoms with Crippen LogP contribution in [0.2, 0.25) is 0 Å². The van der Waals surface area contributed by atoms with E-state index < -0.39 is 0 Å². The fraction of sp³-hybridized carbons (Fsp3) is 0.556. The van der Waals surface area contributed by atoms with Crippen LogP contribution in [0.25, 0.3) is 0 Å². The van der Waals surface area contributed by atoms with Crippen molar-refractivity contribution in [2.45, 2.75) is 60.5 Å². The van der Waals surface area contributed by atoms with Crippen molar-refractivity contribution in [2.75, 3.05) is 12.4 Å². The SMILES string of the molecule is CCC(C)c1ccc(OCCCCCCSc2nnc(S)s2)cc1. The summed E-state index contributed by atoms with van der Waals surface area (Å²) in [5.41, 5.74) is 1.39. The predicted molar refractivity (Wildman–Crippen MR) is 107 cm³/mol. The van der Waals surface area contributed by atoms with Gasteiger partial charge in [0.15, 0.2) is 8.68 Å². The number of hydrogen-bond acceptors (Lipinski definition) is 6. The van der Waals surface area contributed by atoms with Crippen LogP contribution in [0.1, 0.15) is 57.4 Å². The lowest BCUT2D eigenvalue weighted by atomic mass is 9.99. The molecular formula is C18H26N2OS3. The molecule has 2 aromatic rings. The van der Waals surface area contributed by atoms with Gasteiger partial charge in [-0.25, -0.2) is 0 Å². The van der Waals surface area contributed by atoms with Crippen molar-refractivity contribution in [2.24, 2.45) is 0 Å². The van der Waals surface area contributed by atoms with Crippen molar-refractivity contribution >= 4 is 35.7 Å². The highest BCUT2D eigenvalue weighted by atomic mass is 32.2. The molecular weight excluding hydrogens is 356 g/mol. The van der Waals surface area contributed by atoms with Gasteiger partial charge in [-0.1, -0.05) is 61.9 Å². The minimum atomic E-state index is 0.622. The second kappa shape index (κ2) is 11.0. The summed E-state index contributed by atoms with van der Waals surface area (Å²) in [6, 6.07) is 8.56. The molecule has 0 aliphatic heterocycles. The van der Waals surface area contributed by atoms with Gasteiger partial charge < -0.3 is 4.74 Å². The van der Waals surface area contributed by atoms with Crippen molar-refractivity contribution < 1.29 is 4.74 Å². The van der Waals surface area contributed by atoms with Gasteiger partial charge in [0.2, 0.25) is 0 Å². The zero-order valence-corrected chi connectivity index (χ0v) is 16.9. The number of thiol groups is 1. The van der Waals surface area contributed by atoms with Crippen LogP contribution in [0.4, 0.5) is 0 Å². The first-order chi connectivity index (χ1) is 11.7. The first-order valence-corrected chi connectivity index (χ1v) is 10.8. The molecule has 2 rings (SSSR count). The fourth-order valence-electron chi connectivity index (χ4n) is 2.30. The molecule has 0 radical (unpaired) electrons. The molecule has 24 heavy (non-hydrogen) atoms. The molecule has 0 N–H and O–H groups in total. The second-order valence-corrected chi connectivity index (χ2v) is 8.89. The van der Waals surface area contributed by atoms with Crippen LogP contribution >= 0.6 is 35.7 Å². The molecule has 0 aliphatic carbocycles. The average Bonchev–Trinajstić information content (AvgIpc) is 3.02. The number of benzene rings is 1. The Hall–Kier alpha value is -0.720. The Kier molecular flexibility index (Phi) is 8.99. The van der Waals surface area contributed by atoms with E-state index in [-0.39, 0.29) is 0 Å². The first-order valence-electron chi connectivity index (χ1n) is 8.57. The predicted octanol–water partition coefficient (Wildman–Crippen LogP) is 6.07. The van der Waals surface area contributed by atoms with Gasteiger partial charge in [0.25, 0.3) is 0 Å². The maximum atomic E-state index is 5.82. The number of ether oxygens (including phenoxy) is 1. The molecule has 132 valence electrons. The van der Waals surface area contributed by atoms with E-state index >= 15 is 0 Å². The normalized spacial score (nSPS) is 12.3.